The topological polar surface area (TPSA) is 35.5 Å². The summed E-state index contributed by atoms with van der Waals surface area (Å²) in [5.41, 5.74) is 0. The normalized spacial score (nSPS) is 12.6. The van der Waals surface area contributed by atoms with E-state index in [0.717, 1.165) is 0 Å². The Balaban J connectivity index is 2.30. The molecule has 0 saturated heterocycles. The first-order chi connectivity index (χ1) is 7.74. The lowest BCUT2D eigenvalue weighted by molar-refractivity contribution is 0.0787. The number of methoxy groups -OCH3 is 1. The van der Waals surface area contributed by atoms with Crippen LogP contribution >= 0.6 is 0 Å². The van der Waals surface area contributed by atoms with Crippen LogP contribution in [0.5, 0.6) is 0 Å². The predicted molar refractivity (Wildman–Crippen MR) is 60.4 cm³/mol. The van der Waals surface area contributed by atoms with Crippen LogP contribution in [-0.2, 0) is 20.3 Å². The fourth-order valence-corrected chi connectivity index (χ4v) is 2.08. The molecule has 1 rings (SSSR count). The van der Waals surface area contributed by atoms with Crippen molar-refractivity contribution in [1.29, 1.82) is 0 Å². The van der Waals surface area contributed by atoms with E-state index in [4.69, 9.17) is 9.47 Å². The van der Waals surface area contributed by atoms with E-state index in [2.05, 4.69) is 0 Å². The molecule has 1 aromatic carbocycles. The predicted octanol–water partition coefficient (Wildman–Crippen LogP) is 1.60. The molecule has 0 saturated carbocycles. The molecule has 0 radical (unpaired) electrons. The lowest BCUT2D eigenvalue weighted by atomic mass is 10.4. The van der Waals surface area contributed by atoms with Gasteiger partial charge in [-0.2, -0.15) is 0 Å². The summed E-state index contributed by atoms with van der Waals surface area (Å²) in [5.74, 6) is -0.00108. The van der Waals surface area contributed by atoms with Crippen molar-refractivity contribution in [3.8, 4) is 0 Å². The third kappa shape index (κ3) is 4.83. The molecule has 0 aromatic heterocycles. The van der Waals surface area contributed by atoms with Crippen molar-refractivity contribution < 1.29 is 18.1 Å². The molecule has 0 aliphatic rings. The van der Waals surface area contributed by atoms with Crippen molar-refractivity contribution in [3.05, 3.63) is 30.1 Å². The van der Waals surface area contributed by atoms with Gasteiger partial charge in [-0.25, -0.2) is 4.39 Å². The first-order valence-electron chi connectivity index (χ1n) is 4.94. The van der Waals surface area contributed by atoms with Gasteiger partial charge in [0.15, 0.2) is 0 Å². The van der Waals surface area contributed by atoms with Crippen LogP contribution in [0.25, 0.3) is 0 Å². The van der Waals surface area contributed by atoms with Crippen molar-refractivity contribution in [1.82, 2.24) is 0 Å². The fraction of sp³-hybridized carbons (Fsp3) is 0.455. The lowest BCUT2D eigenvalue weighted by Gasteiger charge is -2.04. The van der Waals surface area contributed by atoms with Crippen LogP contribution < -0.4 is 0 Å². The number of rotatable bonds is 7. The second-order valence-corrected chi connectivity index (χ2v) is 4.68. The average Bonchev–Trinajstić information content (AvgIpc) is 2.28. The van der Waals surface area contributed by atoms with Crippen LogP contribution in [0.1, 0.15) is 0 Å². The van der Waals surface area contributed by atoms with Gasteiger partial charge in [-0.15, -0.1) is 0 Å². The molecule has 0 bridgehead atoms. The van der Waals surface area contributed by atoms with Gasteiger partial charge in [-0.3, -0.25) is 4.21 Å². The molecule has 0 heterocycles. The highest BCUT2D eigenvalue weighted by Crippen LogP contribution is 2.08. The van der Waals surface area contributed by atoms with Gasteiger partial charge in [-0.1, -0.05) is 6.07 Å². The third-order valence-corrected chi connectivity index (χ3v) is 3.22. The van der Waals surface area contributed by atoms with Crippen LogP contribution in [-0.4, -0.2) is 36.9 Å². The number of halogens is 1. The van der Waals surface area contributed by atoms with Gasteiger partial charge in [0.1, 0.15) is 5.82 Å². The number of benzene rings is 1. The van der Waals surface area contributed by atoms with Crippen molar-refractivity contribution in [2.75, 3.05) is 32.7 Å². The highest BCUT2D eigenvalue weighted by molar-refractivity contribution is 7.85. The standard InChI is InChI=1S/C11H15FO3S/c1-14-5-6-15-7-8-16(13)11-4-2-3-10(12)9-11/h2-4,9H,5-8H2,1H3. The molecule has 0 aliphatic heterocycles. The number of hydrogen-bond donors (Lipinski definition) is 0. The number of hydrogen-bond acceptors (Lipinski definition) is 3. The Morgan fingerprint density at radius 3 is 2.81 bits per heavy atom. The van der Waals surface area contributed by atoms with Crippen LogP contribution in [0.3, 0.4) is 0 Å². The maximum absolute atomic E-state index is 12.8. The monoisotopic (exact) mass is 246 g/mol. The van der Waals surface area contributed by atoms with Crippen LogP contribution in [0.4, 0.5) is 4.39 Å². The molecule has 5 heteroatoms. The zero-order chi connectivity index (χ0) is 11.8. The summed E-state index contributed by atoms with van der Waals surface area (Å²) in [4.78, 5) is 0.496. The van der Waals surface area contributed by atoms with Crippen molar-refractivity contribution in [2.45, 2.75) is 4.90 Å². The van der Waals surface area contributed by atoms with Gasteiger partial charge in [0.25, 0.3) is 0 Å². The molecule has 90 valence electrons. The molecule has 1 atom stereocenters. The Bertz CT molecular complexity index is 344. The van der Waals surface area contributed by atoms with Crippen molar-refractivity contribution in [2.24, 2.45) is 0 Å². The van der Waals surface area contributed by atoms with Gasteiger partial charge in [0.05, 0.1) is 36.4 Å². The van der Waals surface area contributed by atoms with Gasteiger partial charge in [0.2, 0.25) is 0 Å². The Kier molecular flexibility index (Phi) is 6.22. The van der Waals surface area contributed by atoms with E-state index >= 15 is 0 Å². The Hall–Kier alpha value is -0.780. The molecule has 16 heavy (non-hydrogen) atoms. The minimum Gasteiger partial charge on any atom is -0.382 e. The fourth-order valence-electron chi connectivity index (χ4n) is 1.11. The van der Waals surface area contributed by atoms with E-state index in [-0.39, 0.29) is 5.82 Å². The summed E-state index contributed by atoms with van der Waals surface area (Å²) in [6, 6.07) is 5.81. The maximum Gasteiger partial charge on any atom is 0.124 e. The molecule has 0 amide bonds. The molecule has 0 spiro atoms. The molecular weight excluding hydrogens is 231 g/mol. The average molecular weight is 246 g/mol. The van der Waals surface area contributed by atoms with Gasteiger partial charge < -0.3 is 9.47 Å². The van der Waals surface area contributed by atoms with Gasteiger partial charge in [0, 0.05) is 12.0 Å². The van der Waals surface area contributed by atoms with E-state index < -0.39 is 10.8 Å². The smallest absolute Gasteiger partial charge is 0.124 e. The summed E-state index contributed by atoms with van der Waals surface area (Å²) >= 11 is 0. The lowest BCUT2D eigenvalue weighted by Crippen LogP contribution is -2.09. The summed E-state index contributed by atoms with van der Waals surface area (Å²) < 4.78 is 34.5. The summed E-state index contributed by atoms with van der Waals surface area (Å²) in [6.45, 7) is 1.38. The van der Waals surface area contributed by atoms with Gasteiger partial charge in [-0.05, 0) is 18.2 Å². The van der Waals surface area contributed by atoms with Crippen LogP contribution in [0, 0.1) is 5.82 Å². The summed E-state index contributed by atoms with van der Waals surface area (Å²) in [7, 11) is 0.387. The summed E-state index contributed by atoms with van der Waals surface area (Å²) in [6.07, 6.45) is 0. The van der Waals surface area contributed by atoms with E-state index in [9.17, 15) is 8.60 Å². The molecule has 1 unspecified atom stereocenters. The van der Waals surface area contributed by atoms with E-state index in [1.165, 1.54) is 12.1 Å². The molecule has 3 nitrogen and oxygen atoms in total. The SMILES string of the molecule is COCCOCCS(=O)c1cccc(F)c1. The van der Waals surface area contributed by atoms with Gasteiger partial charge >= 0.3 is 0 Å². The van der Waals surface area contributed by atoms with E-state index in [1.807, 2.05) is 0 Å². The van der Waals surface area contributed by atoms with Crippen LogP contribution in [0.2, 0.25) is 0 Å². The molecule has 1 aromatic rings. The first kappa shape index (κ1) is 13.3. The number of ether oxygens (including phenoxy) is 2. The molecule has 0 N–H and O–H groups in total. The second kappa shape index (κ2) is 7.49. The Labute approximate surface area is 97.0 Å². The maximum atomic E-state index is 12.8. The quantitative estimate of drug-likeness (QED) is 0.685. The first-order valence-corrected chi connectivity index (χ1v) is 6.26. The minimum atomic E-state index is -1.20. The highest BCUT2D eigenvalue weighted by Gasteiger charge is 2.04. The Morgan fingerprint density at radius 1 is 1.31 bits per heavy atom. The summed E-state index contributed by atoms with van der Waals surface area (Å²) in [5, 5.41) is 0. The van der Waals surface area contributed by atoms with E-state index in [1.54, 1.807) is 19.2 Å². The largest absolute Gasteiger partial charge is 0.382 e. The molecule has 0 aliphatic carbocycles. The molecule has 0 fully saturated rings. The second-order valence-electron chi connectivity index (χ2n) is 3.11. The van der Waals surface area contributed by atoms with Crippen molar-refractivity contribution in [3.63, 3.8) is 0 Å². The highest BCUT2D eigenvalue weighted by atomic mass is 32.2. The van der Waals surface area contributed by atoms with E-state index in [0.29, 0.717) is 30.5 Å². The third-order valence-electron chi connectivity index (χ3n) is 1.90. The minimum absolute atomic E-state index is 0.368. The van der Waals surface area contributed by atoms with Crippen molar-refractivity contribution >= 4 is 10.8 Å². The molecular formula is C11H15FO3S. The zero-order valence-electron chi connectivity index (χ0n) is 9.15. The Morgan fingerprint density at radius 2 is 2.12 bits per heavy atom. The van der Waals surface area contributed by atoms with Crippen LogP contribution in [0.15, 0.2) is 29.2 Å². The zero-order valence-corrected chi connectivity index (χ0v) is 9.97.